The number of carbonyl (C=O) groups excluding carboxylic acids is 1. The van der Waals surface area contributed by atoms with Gasteiger partial charge in [0.1, 0.15) is 18.0 Å². The topological polar surface area (TPSA) is 91.9 Å². The lowest BCUT2D eigenvalue weighted by Gasteiger charge is -2.12. The molecule has 3 rings (SSSR count). The Labute approximate surface area is 132 Å². The zero-order valence-electron chi connectivity index (χ0n) is 12.9. The molecule has 0 fully saturated rings. The van der Waals surface area contributed by atoms with Gasteiger partial charge >= 0.3 is 6.09 Å². The molecule has 1 aromatic heterocycles. The summed E-state index contributed by atoms with van der Waals surface area (Å²) in [5.41, 5.74) is 9.00. The Morgan fingerprint density at radius 3 is 2.91 bits per heavy atom. The molecule has 23 heavy (non-hydrogen) atoms. The highest BCUT2D eigenvalue weighted by Gasteiger charge is 2.26. The minimum atomic E-state index is -0.830. The molecule has 1 unspecified atom stereocenters. The van der Waals surface area contributed by atoms with Crippen LogP contribution in [0.15, 0.2) is 12.1 Å². The van der Waals surface area contributed by atoms with Crippen LogP contribution >= 0.6 is 0 Å². The number of nitrogens with two attached hydrogens (primary N) is 1. The van der Waals surface area contributed by atoms with Gasteiger partial charge in [-0.25, -0.2) is 9.18 Å². The van der Waals surface area contributed by atoms with Gasteiger partial charge in [-0.2, -0.15) is 5.26 Å². The van der Waals surface area contributed by atoms with Gasteiger partial charge in [-0.1, -0.05) is 6.08 Å². The van der Waals surface area contributed by atoms with E-state index in [4.69, 9.17) is 10.5 Å². The number of rotatable bonds is 2. The Balaban J connectivity index is 2.14. The van der Waals surface area contributed by atoms with E-state index >= 15 is 0 Å². The first-order valence-corrected chi connectivity index (χ1v) is 7.29. The smallest absolute Gasteiger partial charge is 0.404 e. The number of amides is 1. The van der Waals surface area contributed by atoms with E-state index in [0.29, 0.717) is 29.3 Å². The Morgan fingerprint density at radius 2 is 2.26 bits per heavy atom. The number of hydrogen-bond donors (Lipinski definition) is 2. The van der Waals surface area contributed by atoms with Crippen molar-refractivity contribution in [2.45, 2.75) is 32.8 Å². The fourth-order valence-corrected chi connectivity index (χ4v) is 3.17. The van der Waals surface area contributed by atoms with Crippen molar-refractivity contribution >= 4 is 22.6 Å². The van der Waals surface area contributed by atoms with E-state index in [1.165, 1.54) is 6.07 Å². The molecular formula is C17H16FN3O2. The van der Waals surface area contributed by atoms with Gasteiger partial charge in [0.2, 0.25) is 0 Å². The molecule has 0 saturated carbocycles. The summed E-state index contributed by atoms with van der Waals surface area (Å²) < 4.78 is 19.7. The monoisotopic (exact) mass is 313 g/mol. The predicted molar refractivity (Wildman–Crippen MR) is 84.1 cm³/mol. The van der Waals surface area contributed by atoms with Crippen LogP contribution in [0.25, 0.3) is 16.5 Å². The van der Waals surface area contributed by atoms with E-state index in [0.717, 1.165) is 16.8 Å². The van der Waals surface area contributed by atoms with Crippen LogP contribution in [0.2, 0.25) is 0 Å². The molecule has 118 valence electrons. The molecule has 0 spiro atoms. The maximum atomic E-state index is 14.7. The van der Waals surface area contributed by atoms with Gasteiger partial charge in [-0.05, 0) is 31.1 Å². The SMILES string of the molecule is Cc1[nH]c2c(C#N)cc(F)c(C3=CCC(OC(N)=O)C3)c2c1C. The third-order valence-corrected chi connectivity index (χ3v) is 4.33. The second kappa shape index (κ2) is 5.43. The van der Waals surface area contributed by atoms with Gasteiger partial charge in [0, 0.05) is 29.5 Å². The quantitative estimate of drug-likeness (QED) is 0.889. The molecule has 1 heterocycles. The Bertz CT molecular complexity index is 890. The average molecular weight is 313 g/mol. The number of nitrogens with one attached hydrogen (secondary N) is 1. The molecule has 0 saturated heterocycles. The van der Waals surface area contributed by atoms with Gasteiger partial charge in [0.15, 0.2) is 0 Å². The normalized spacial score (nSPS) is 17.1. The molecular weight excluding hydrogens is 297 g/mol. The molecule has 6 heteroatoms. The van der Waals surface area contributed by atoms with Crippen molar-refractivity contribution in [2.75, 3.05) is 0 Å². The zero-order valence-corrected chi connectivity index (χ0v) is 12.9. The summed E-state index contributed by atoms with van der Waals surface area (Å²) >= 11 is 0. The molecule has 0 bridgehead atoms. The number of nitriles is 1. The van der Waals surface area contributed by atoms with Crippen molar-refractivity contribution in [2.24, 2.45) is 5.73 Å². The summed E-state index contributed by atoms with van der Waals surface area (Å²) in [5.74, 6) is -0.442. The van der Waals surface area contributed by atoms with E-state index in [9.17, 15) is 14.4 Å². The molecule has 3 N–H and O–H groups in total. The van der Waals surface area contributed by atoms with E-state index in [1.54, 1.807) is 0 Å². The number of H-pyrrole nitrogens is 1. The predicted octanol–water partition coefficient (Wildman–Crippen LogP) is 3.44. The number of fused-ring (bicyclic) bond motifs is 1. The van der Waals surface area contributed by atoms with E-state index in [2.05, 4.69) is 4.98 Å². The molecule has 1 atom stereocenters. The van der Waals surface area contributed by atoms with Crippen molar-refractivity contribution in [3.8, 4) is 6.07 Å². The summed E-state index contributed by atoms with van der Waals surface area (Å²) in [4.78, 5) is 14.0. The van der Waals surface area contributed by atoms with Crippen LogP contribution in [0, 0.1) is 31.0 Å². The minimum absolute atomic E-state index is 0.279. The third kappa shape index (κ3) is 2.44. The van der Waals surface area contributed by atoms with Crippen molar-refractivity contribution in [1.29, 1.82) is 5.26 Å². The molecule has 0 aliphatic heterocycles. The second-order valence-corrected chi connectivity index (χ2v) is 5.75. The lowest BCUT2D eigenvalue weighted by atomic mass is 9.95. The Hall–Kier alpha value is -2.81. The van der Waals surface area contributed by atoms with Crippen LogP contribution < -0.4 is 5.73 Å². The number of ether oxygens (including phenoxy) is 1. The van der Waals surface area contributed by atoms with Crippen LogP contribution in [0.3, 0.4) is 0 Å². The van der Waals surface area contributed by atoms with Gasteiger partial charge in [0.25, 0.3) is 0 Å². The van der Waals surface area contributed by atoms with E-state index in [1.807, 2.05) is 26.0 Å². The van der Waals surface area contributed by atoms with Gasteiger partial charge in [-0.3, -0.25) is 0 Å². The summed E-state index contributed by atoms with van der Waals surface area (Å²) in [7, 11) is 0. The Kier molecular flexibility index (Phi) is 3.57. The number of halogens is 1. The minimum Gasteiger partial charge on any atom is -0.446 e. The fraction of sp³-hybridized carbons (Fsp3) is 0.294. The summed E-state index contributed by atoms with van der Waals surface area (Å²) in [6.45, 7) is 3.78. The number of aromatic amines is 1. The summed E-state index contributed by atoms with van der Waals surface area (Å²) in [5, 5.41) is 9.95. The van der Waals surface area contributed by atoms with Crippen molar-refractivity contribution < 1.29 is 13.9 Å². The van der Waals surface area contributed by atoms with Crippen LogP contribution in [0.4, 0.5) is 9.18 Å². The first kappa shape index (κ1) is 15.1. The highest BCUT2D eigenvalue weighted by Crippen LogP contribution is 2.39. The molecule has 1 amide bonds. The van der Waals surface area contributed by atoms with Crippen molar-refractivity contribution in [1.82, 2.24) is 4.98 Å². The van der Waals surface area contributed by atoms with Crippen molar-refractivity contribution in [3.05, 3.63) is 40.3 Å². The fourth-order valence-electron chi connectivity index (χ4n) is 3.17. The molecule has 1 aliphatic rings. The maximum absolute atomic E-state index is 14.7. The Morgan fingerprint density at radius 1 is 1.52 bits per heavy atom. The van der Waals surface area contributed by atoms with Crippen LogP contribution in [-0.4, -0.2) is 17.2 Å². The molecule has 2 aromatic rings. The van der Waals surface area contributed by atoms with Crippen LogP contribution in [-0.2, 0) is 4.74 Å². The number of primary amides is 1. The third-order valence-electron chi connectivity index (χ3n) is 4.33. The number of carbonyl (C=O) groups is 1. The largest absolute Gasteiger partial charge is 0.446 e. The highest BCUT2D eigenvalue weighted by molar-refractivity contribution is 5.99. The average Bonchev–Trinajstić information content (AvgIpc) is 3.04. The zero-order chi connectivity index (χ0) is 16.7. The standard InChI is InChI=1S/C17H16FN3O2/c1-8-9(2)21-16-11(7-19)6-13(18)15(14(8)16)10-3-4-12(5-10)23-17(20)22/h3,6,12,21H,4-5H2,1-2H3,(H2,20,22). The van der Waals surface area contributed by atoms with Gasteiger partial charge in [-0.15, -0.1) is 0 Å². The highest BCUT2D eigenvalue weighted by atomic mass is 19.1. The molecule has 1 aliphatic carbocycles. The second-order valence-electron chi connectivity index (χ2n) is 5.75. The number of aromatic nitrogens is 1. The molecule has 5 nitrogen and oxygen atoms in total. The summed E-state index contributed by atoms with van der Waals surface area (Å²) in [6, 6.07) is 3.27. The lowest BCUT2D eigenvalue weighted by molar-refractivity contribution is 0.114. The maximum Gasteiger partial charge on any atom is 0.404 e. The van der Waals surface area contributed by atoms with Gasteiger partial charge < -0.3 is 15.5 Å². The van der Waals surface area contributed by atoms with Crippen LogP contribution in [0.5, 0.6) is 0 Å². The number of nitrogens with zero attached hydrogens (tertiary/aromatic N) is 1. The number of aryl methyl sites for hydroxylation is 2. The van der Waals surface area contributed by atoms with E-state index in [-0.39, 0.29) is 11.7 Å². The lowest BCUT2D eigenvalue weighted by Crippen LogP contribution is -2.20. The number of benzene rings is 1. The molecule has 0 radical (unpaired) electrons. The first-order chi connectivity index (χ1) is 10.9. The first-order valence-electron chi connectivity index (χ1n) is 7.29. The molecule has 1 aromatic carbocycles. The number of hydrogen-bond acceptors (Lipinski definition) is 3. The van der Waals surface area contributed by atoms with Crippen LogP contribution in [0.1, 0.15) is 35.2 Å². The summed E-state index contributed by atoms with van der Waals surface area (Å²) in [6.07, 6.45) is 1.57. The van der Waals surface area contributed by atoms with E-state index < -0.39 is 11.9 Å². The van der Waals surface area contributed by atoms with Crippen molar-refractivity contribution in [3.63, 3.8) is 0 Å². The van der Waals surface area contributed by atoms with Gasteiger partial charge in [0.05, 0.1) is 11.1 Å².